The number of aliphatic hydroxyl groups is 1. The van der Waals surface area contributed by atoms with Gasteiger partial charge in [0, 0.05) is 5.54 Å². The Balaban J connectivity index is 3.83. The Morgan fingerprint density at radius 1 is 1.35 bits per heavy atom. The van der Waals surface area contributed by atoms with E-state index in [1.807, 2.05) is 0 Å². The molecule has 5 nitrogen and oxygen atoms in total. The SMILES string of the molecule is CC(C)(C)NCC(F)(F)COCC(F)CNC(=O)CO. The van der Waals surface area contributed by atoms with E-state index < -0.39 is 49.9 Å². The zero-order valence-corrected chi connectivity index (χ0v) is 12.0. The maximum Gasteiger partial charge on any atom is 0.283 e. The lowest BCUT2D eigenvalue weighted by Gasteiger charge is -2.25. The van der Waals surface area contributed by atoms with Crippen molar-refractivity contribution >= 4 is 5.91 Å². The summed E-state index contributed by atoms with van der Waals surface area (Å²) in [5.74, 6) is -3.83. The van der Waals surface area contributed by atoms with Crippen LogP contribution in [0.3, 0.4) is 0 Å². The van der Waals surface area contributed by atoms with Crippen LogP contribution >= 0.6 is 0 Å². The first-order valence-electron chi connectivity index (χ1n) is 6.28. The summed E-state index contributed by atoms with van der Waals surface area (Å²) in [6, 6.07) is 0. The molecule has 0 aliphatic heterocycles. The summed E-state index contributed by atoms with van der Waals surface area (Å²) in [6.07, 6.45) is -1.60. The Bertz CT molecular complexity index is 296. The minimum absolute atomic E-state index is 0.384. The number of aliphatic hydroxyl groups excluding tert-OH is 1. The van der Waals surface area contributed by atoms with Gasteiger partial charge in [0.05, 0.1) is 19.7 Å². The number of hydrogen-bond donors (Lipinski definition) is 3. The fourth-order valence-corrected chi connectivity index (χ4v) is 1.12. The first-order valence-corrected chi connectivity index (χ1v) is 6.28. The van der Waals surface area contributed by atoms with Crippen molar-refractivity contribution in [1.29, 1.82) is 0 Å². The zero-order chi connectivity index (χ0) is 15.8. The van der Waals surface area contributed by atoms with Crippen LogP contribution in [0.15, 0.2) is 0 Å². The van der Waals surface area contributed by atoms with Gasteiger partial charge in [-0.1, -0.05) is 0 Å². The maximum atomic E-state index is 13.4. The molecular formula is C12H23F3N2O3. The second-order valence-electron chi connectivity index (χ2n) is 5.53. The van der Waals surface area contributed by atoms with E-state index in [1.54, 1.807) is 20.8 Å². The van der Waals surface area contributed by atoms with Crippen molar-refractivity contribution in [3.05, 3.63) is 0 Å². The molecule has 0 aromatic rings. The lowest BCUT2D eigenvalue weighted by Crippen LogP contribution is -2.45. The molecule has 1 amide bonds. The Labute approximate surface area is 116 Å². The van der Waals surface area contributed by atoms with Crippen molar-refractivity contribution in [3.8, 4) is 0 Å². The maximum absolute atomic E-state index is 13.4. The Morgan fingerprint density at radius 2 is 1.95 bits per heavy atom. The van der Waals surface area contributed by atoms with Gasteiger partial charge in [-0.3, -0.25) is 4.79 Å². The van der Waals surface area contributed by atoms with Crippen molar-refractivity contribution in [2.45, 2.75) is 38.4 Å². The molecule has 0 heterocycles. The van der Waals surface area contributed by atoms with Gasteiger partial charge >= 0.3 is 0 Å². The van der Waals surface area contributed by atoms with Crippen molar-refractivity contribution < 1.29 is 27.8 Å². The van der Waals surface area contributed by atoms with Gasteiger partial charge < -0.3 is 20.5 Å². The van der Waals surface area contributed by atoms with E-state index in [2.05, 4.69) is 15.4 Å². The summed E-state index contributed by atoms with van der Waals surface area (Å²) in [7, 11) is 0. The molecule has 0 fully saturated rings. The van der Waals surface area contributed by atoms with E-state index in [0.717, 1.165) is 0 Å². The average molecular weight is 300 g/mol. The molecule has 0 aromatic carbocycles. The predicted molar refractivity (Wildman–Crippen MR) is 68.5 cm³/mol. The predicted octanol–water partition coefficient (Wildman–Crippen LogP) is 0.473. The van der Waals surface area contributed by atoms with Crippen LogP contribution < -0.4 is 10.6 Å². The monoisotopic (exact) mass is 300 g/mol. The number of carbonyl (C=O) groups is 1. The number of nitrogens with one attached hydrogen (secondary N) is 2. The minimum Gasteiger partial charge on any atom is -0.387 e. The number of halogens is 3. The molecule has 20 heavy (non-hydrogen) atoms. The van der Waals surface area contributed by atoms with Gasteiger partial charge in [-0.2, -0.15) is 0 Å². The highest BCUT2D eigenvalue weighted by atomic mass is 19.3. The standard InChI is InChI=1S/C12H23F3N2O3/c1-11(2,3)17-7-12(14,15)8-20-6-9(13)4-16-10(19)5-18/h9,17-18H,4-8H2,1-3H3,(H,16,19). The third kappa shape index (κ3) is 11.0. The van der Waals surface area contributed by atoms with E-state index in [4.69, 9.17) is 5.11 Å². The summed E-state index contributed by atoms with van der Waals surface area (Å²) < 4.78 is 44.5. The van der Waals surface area contributed by atoms with E-state index >= 15 is 0 Å². The number of rotatable bonds is 9. The van der Waals surface area contributed by atoms with Crippen molar-refractivity contribution in [2.24, 2.45) is 0 Å². The minimum atomic E-state index is -3.10. The molecule has 0 aliphatic carbocycles. The second kappa shape index (κ2) is 8.43. The molecule has 0 saturated carbocycles. The lowest BCUT2D eigenvalue weighted by molar-refractivity contribution is -0.124. The molecule has 1 atom stereocenters. The topological polar surface area (TPSA) is 70.6 Å². The van der Waals surface area contributed by atoms with E-state index in [0.29, 0.717) is 0 Å². The fraction of sp³-hybridized carbons (Fsp3) is 0.917. The van der Waals surface area contributed by atoms with Crippen LogP contribution in [0, 0.1) is 0 Å². The highest BCUT2D eigenvalue weighted by Gasteiger charge is 2.31. The van der Waals surface area contributed by atoms with Gasteiger partial charge in [-0.05, 0) is 20.8 Å². The van der Waals surface area contributed by atoms with Gasteiger partial charge in [0.2, 0.25) is 5.91 Å². The van der Waals surface area contributed by atoms with Crippen LogP contribution in [-0.2, 0) is 9.53 Å². The molecule has 1 unspecified atom stereocenters. The number of hydrogen-bond acceptors (Lipinski definition) is 4. The third-order valence-corrected chi connectivity index (χ3v) is 2.15. The fourth-order valence-electron chi connectivity index (χ4n) is 1.12. The Kier molecular flexibility index (Phi) is 8.07. The van der Waals surface area contributed by atoms with Crippen LogP contribution in [-0.4, -0.2) is 61.6 Å². The van der Waals surface area contributed by atoms with Crippen LogP contribution in [0.25, 0.3) is 0 Å². The largest absolute Gasteiger partial charge is 0.387 e. The first kappa shape index (κ1) is 19.1. The summed E-state index contributed by atoms with van der Waals surface area (Å²) in [5, 5.41) is 13.1. The second-order valence-corrected chi connectivity index (χ2v) is 5.53. The van der Waals surface area contributed by atoms with E-state index in [1.165, 1.54) is 0 Å². The quantitative estimate of drug-likeness (QED) is 0.579. The number of ether oxygens (including phenoxy) is 1. The highest BCUT2D eigenvalue weighted by Crippen LogP contribution is 2.14. The van der Waals surface area contributed by atoms with Crippen LogP contribution in [0.4, 0.5) is 13.2 Å². The smallest absolute Gasteiger partial charge is 0.283 e. The molecule has 0 radical (unpaired) electrons. The van der Waals surface area contributed by atoms with E-state index in [9.17, 15) is 18.0 Å². The van der Waals surface area contributed by atoms with Crippen molar-refractivity contribution in [2.75, 3.05) is 32.9 Å². The molecule has 8 heteroatoms. The molecule has 3 N–H and O–H groups in total. The van der Waals surface area contributed by atoms with E-state index in [-0.39, 0.29) is 6.54 Å². The summed E-state index contributed by atoms with van der Waals surface area (Å²) >= 11 is 0. The summed E-state index contributed by atoms with van der Waals surface area (Å²) in [6.45, 7) is 2.13. The molecule has 0 aromatic heterocycles. The first-order chi connectivity index (χ1) is 9.06. The number of alkyl halides is 3. The van der Waals surface area contributed by atoms with Crippen LogP contribution in [0.1, 0.15) is 20.8 Å². The molecular weight excluding hydrogens is 277 g/mol. The van der Waals surface area contributed by atoms with Gasteiger partial charge in [-0.25, -0.2) is 13.2 Å². The normalized spacial score (nSPS) is 14.2. The third-order valence-electron chi connectivity index (χ3n) is 2.15. The van der Waals surface area contributed by atoms with Gasteiger partial charge in [0.15, 0.2) is 0 Å². The number of carbonyl (C=O) groups excluding carboxylic acids is 1. The molecule has 120 valence electrons. The van der Waals surface area contributed by atoms with Gasteiger partial charge in [0.1, 0.15) is 19.4 Å². The summed E-state index contributed by atoms with van der Waals surface area (Å²) in [5.41, 5.74) is -0.444. The van der Waals surface area contributed by atoms with Gasteiger partial charge in [0.25, 0.3) is 5.92 Å². The Hall–Kier alpha value is -0.860. The van der Waals surface area contributed by atoms with Crippen molar-refractivity contribution in [1.82, 2.24) is 10.6 Å². The number of amides is 1. The van der Waals surface area contributed by atoms with Crippen LogP contribution in [0.2, 0.25) is 0 Å². The van der Waals surface area contributed by atoms with Gasteiger partial charge in [-0.15, -0.1) is 0 Å². The zero-order valence-electron chi connectivity index (χ0n) is 12.0. The molecule has 0 spiro atoms. The molecule has 0 saturated heterocycles. The average Bonchev–Trinajstić information content (AvgIpc) is 2.32. The summed E-state index contributed by atoms with van der Waals surface area (Å²) in [4.78, 5) is 10.6. The molecule has 0 bridgehead atoms. The molecule has 0 rings (SSSR count). The lowest BCUT2D eigenvalue weighted by atomic mass is 10.1. The molecule has 0 aliphatic rings. The Morgan fingerprint density at radius 3 is 2.45 bits per heavy atom. The van der Waals surface area contributed by atoms with Crippen molar-refractivity contribution in [3.63, 3.8) is 0 Å². The van der Waals surface area contributed by atoms with Crippen LogP contribution in [0.5, 0.6) is 0 Å². The highest BCUT2D eigenvalue weighted by molar-refractivity contribution is 5.76.